The van der Waals surface area contributed by atoms with Crippen LogP contribution in [0.25, 0.3) is 0 Å². The van der Waals surface area contributed by atoms with Crippen LogP contribution < -0.4 is 9.46 Å². The normalized spacial score (nSPS) is 16.6. The second-order valence-corrected chi connectivity index (χ2v) is 8.25. The molecule has 1 fully saturated rings. The molecule has 1 aliphatic rings. The van der Waals surface area contributed by atoms with Gasteiger partial charge in [-0.3, -0.25) is 4.79 Å². The lowest BCUT2D eigenvalue weighted by atomic mass is 9.92. The van der Waals surface area contributed by atoms with Crippen molar-refractivity contribution >= 4 is 27.6 Å². The Kier molecular flexibility index (Phi) is 5.71. The summed E-state index contributed by atoms with van der Waals surface area (Å²) in [4.78, 5) is 11.6. The van der Waals surface area contributed by atoms with E-state index in [1.54, 1.807) is 24.3 Å². The molecule has 0 bridgehead atoms. The Labute approximate surface area is 161 Å². The van der Waals surface area contributed by atoms with E-state index < -0.39 is 21.5 Å². The van der Waals surface area contributed by atoms with Crippen LogP contribution in [0.2, 0.25) is 5.02 Å². The van der Waals surface area contributed by atoms with Crippen LogP contribution in [0.4, 0.5) is 0 Å². The van der Waals surface area contributed by atoms with Crippen LogP contribution in [-0.4, -0.2) is 38.2 Å². The lowest BCUT2D eigenvalue weighted by Crippen LogP contribution is -2.57. The molecule has 0 amide bonds. The molecule has 7 nitrogen and oxygen atoms in total. The maximum Gasteiger partial charge on any atom is 0.325 e. The van der Waals surface area contributed by atoms with Crippen LogP contribution in [0.15, 0.2) is 53.4 Å². The Bertz CT molecular complexity index is 906. The summed E-state index contributed by atoms with van der Waals surface area (Å²) in [6, 6.07) is 12.5. The zero-order valence-corrected chi connectivity index (χ0v) is 15.8. The van der Waals surface area contributed by atoms with E-state index in [1.165, 1.54) is 24.3 Å². The summed E-state index contributed by atoms with van der Waals surface area (Å²) in [7, 11) is -4.02. The van der Waals surface area contributed by atoms with E-state index in [1.807, 2.05) is 0 Å². The van der Waals surface area contributed by atoms with Gasteiger partial charge in [0, 0.05) is 31.1 Å². The fourth-order valence-electron chi connectivity index (χ4n) is 2.72. The fraction of sp³-hybridized carbons (Fsp3) is 0.278. The van der Waals surface area contributed by atoms with Crippen LogP contribution in [0.1, 0.15) is 12.8 Å². The first-order chi connectivity index (χ1) is 12.8. The van der Waals surface area contributed by atoms with E-state index in [-0.39, 0.29) is 31.0 Å². The van der Waals surface area contributed by atoms with Crippen molar-refractivity contribution in [3.63, 3.8) is 0 Å². The standard InChI is InChI=1S/C18H18ClNO6S/c19-13-1-3-14(4-2-13)26-15-5-7-16(8-6-15)27(23,24)20-18(17(21)22)9-11-25-12-10-18/h1-8,20H,9-12H2,(H,21,22). The van der Waals surface area contributed by atoms with E-state index >= 15 is 0 Å². The minimum Gasteiger partial charge on any atom is -0.480 e. The summed E-state index contributed by atoms with van der Waals surface area (Å²) in [6.45, 7) is 0.366. The number of ether oxygens (including phenoxy) is 2. The highest BCUT2D eigenvalue weighted by Gasteiger charge is 2.43. The van der Waals surface area contributed by atoms with Crippen molar-refractivity contribution in [3.05, 3.63) is 53.6 Å². The number of nitrogens with one attached hydrogen (secondary N) is 1. The molecule has 2 N–H and O–H groups in total. The molecule has 0 radical (unpaired) electrons. The molecule has 0 spiro atoms. The molecular weight excluding hydrogens is 394 g/mol. The van der Waals surface area contributed by atoms with Gasteiger partial charge in [-0.25, -0.2) is 8.42 Å². The quantitative estimate of drug-likeness (QED) is 0.757. The summed E-state index contributed by atoms with van der Waals surface area (Å²) in [6.07, 6.45) is 0.138. The Morgan fingerprint density at radius 3 is 2.07 bits per heavy atom. The number of carboxylic acids is 1. The van der Waals surface area contributed by atoms with Crippen molar-refractivity contribution in [2.24, 2.45) is 0 Å². The zero-order chi connectivity index (χ0) is 19.5. The maximum absolute atomic E-state index is 12.6. The molecule has 2 aromatic carbocycles. The molecule has 27 heavy (non-hydrogen) atoms. The number of carboxylic acid groups (broad SMARTS) is 1. The molecule has 1 saturated heterocycles. The average Bonchev–Trinajstić information content (AvgIpc) is 2.64. The molecule has 0 aliphatic carbocycles. The lowest BCUT2D eigenvalue weighted by molar-refractivity contribution is -0.147. The van der Waals surface area contributed by atoms with Crippen LogP contribution in [-0.2, 0) is 19.6 Å². The predicted molar refractivity (Wildman–Crippen MR) is 98.7 cm³/mol. The van der Waals surface area contributed by atoms with Crippen LogP contribution in [0.5, 0.6) is 11.5 Å². The minimum atomic E-state index is -4.02. The highest BCUT2D eigenvalue weighted by molar-refractivity contribution is 7.89. The summed E-state index contributed by atoms with van der Waals surface area (Å²) in [5.41, 5.74) is -1.56. The number of aliphatic carboxylic acids is 1. The van der Waals surface area contributed by atoms with Gasteiger partial charge in [0.1, 0.15) is 17.0 Å². The van der Waals surface area contributed by atoms with Crippen molar-refractivity contribution in [3.8, 4) is 11.5 Å². The van der Waals surface area contributed by atoms with E-state index in [0.29, 0.717) is 16.5 Å². The van der Waals surface area contributed by atoms with E-state index in [0.717, 1.165) is 0 Å². The lowest BCUT2D eigenvalue weighted by Gasteiger charge is -2.33. The fourth-order valence-corrected chi connectivity index (χ4v) is 4.27. The number of sulfonamides is 1. The molecule has 1 aliphatic heterocycles. The number of carbonyl (C=O) groups is 1. The maximum atomic E-state index is 12.6. The molecule has 0 atom stereocenters. The molecule has 9 heteroatoms. The monoisotopic (exact) mass is 411 g/mol. The Morgan fingerprint density at radius 2 is 1.56 bits per heavy atom. The van der Waals surface area contributed by atoms with Gasteiger partial charge >= 0.3 is 5.97 Å². The van der Waals surface area contributed by atoms with Crippen LogP contribution >= 0.6 is 11.6 Å². The Morgan fingerprint density at radius 1 is 1.04 bits per heavy atom. The van der Waals surface area contributed by atoms with Gasteiger partial charge in [0.05, 0.1) is 4.90 Å². The summed E-state index contributed by atoms with van der Waals surface area (Å²) < 4.78 is 38.4. The van der Waals surface area contributed by atoms with Crippen molar-refractivity contribution in [2.75, 3.05) is 13.2 Å². The number of benzene rings is 2. The van der Waals surface area contributed by atoms with Crippen molar-refractivity contribution in [2.45, 2.75) is 23.3 Å². The first-order valence-corrected chi connectivity index (χ1v) is 10.1. The molecule has 0 unspecified atom stereocenters. The first kappa shape index (κ1) is 19.6. The van der Waals surface area contributed by atoms with Crippen molar-refractivity contribution in [1.29, 1.82) is 0 Å². The van der Waals surface area contributed by atoms with Crippen LogP contribution in [0.3, 0.4) is 0 Å². The van der Waals surface area contributed by atoms with Gasteiger partial charge in [0.15, 0.2) is 0 Å². The summed E-state index contributed by atoms with van der Waals surface area (Å²) >= 11 is 5.82. The van der Waals surface area contributed by atoms with Crippen molar-refractivity contribution < 1.29 is 27.8 Å². The molecule has 2 aromatic rings. The van der Waals surface area contributed by atoms with Crippen LogP contribution in [0, 0.1) is 0 Å². The zero-order valence-electron chi connectivity index (χ0n) is 14.2. The molecular formula is C18H18ClNO6S. The second-order valence-electron chi connectivity index (χ2n) is 6.13. The molecule has 1 heterocycles. The summed E-state index contributed by atoms with van der Waals surface area (Å²) in [5, 5.41) is 10.1. The van der Waals surface area contributed by atoms with Gasteiger partial charge in [-0.05, 0) is 48.5 Å². The number of rotatable bonds is 6. The third kappa shape index (κ3) is 4.59. The van der Waals surface area contributed by atoms with Gasteiger partial charge in [-0.15, -0.1) is 0 Å². The van der Waals surface area contributed by atoms with Gasteiger partial charge in [0.25, 0.3) is 0 Å². The minimum absolute atomic E-state index is 0.0435. The third-order valence-corrected chi connectivity index (χ3v) is 6.07. The smallest absolute Gasteiger partial charge is 0.325 e. The second kappa shape index (κ2) is 7.85. The molecule has 0 saturated carbocycles. The largest absolute Gasteiger partial charge is 0.480 e. The SMILES string of the molecule is O=C(O)C1(NS(=O)(=O)c2ccc(Oc3ccc(Cl)cc3)cc2)CCOCC1. The highest BCUT2D eigenvalue weighted by Crippen LogP contribution is 2.27. The number of hydrogen-bond donors (Lipinski definition) is 2. The van der Waals surface area contributed by atoms with E-state index in [9.17, 15) is 18.3 Å². The Hall–Kier alpha value is -2.13. The first-order valence-electron chi connectivity index (χ1n) is 8.19. The van der Waals surface area contributed by atoms with E-state index in [2.05, 4.69) is 4.72 Å². The van der Waals surface area contributed by atoms with E-state index in [4.69, 9.17) is 21.1 Å². The Balaban J connectivity index is 1.76. The molecule has 3 rings (SSSR count). The van der Waals surface area contributed by atoms with Gasteiger partial charge in [0.2, 0.25) is 10.0 Å². The number of halogens is 1. The van der Waals surface area contributed by atoms with Crippen molar-refractivity contribution in [1.82, 2.24) is 4.72 Å². The van der Waals surface area contributed by atoms with Gasteiger partial charge < -0.3 is 14.6 Å². The molecule has 0 aromatic heterocycles. The van der Waals surface area contributed by atoms with Gasteiger partial charge in [-0.1, -0.05) is 11.6 Å². The topological polar surface area (TPSA) is 102 Å². The molecule has 144 valence electrons. The predicted octanol–water partition coefficient (Wildman–Crippen LogP) is 3.04. The van der Waals surface area contributed by atoms with Gasteiger partial charge in [-0.2, -0.15) is 4.72 Å². The highest BCUT2D eigenvalue weighted by atomic mass is 35.5. The average molecular weight is 412 g/mol. The third-order valence-electron chi connectivity index (χ3n) is 4.27. The number of hydrogen-bond acceptors (Lipinski definition) is 5. The summed E-state index contributed by atoms with van der Waals surface area (Å²) in [5.74, 6) is -0.215.